The van der Waals surface area contributed by atoms with Crippen LogP contribution < -0.4 is 0 Å². The van der Waals surface area contributed by atoms with Crippen molar-refractivity contribution in [3.63, 3.8) is 0 Å². The molecule has 17 heavy (non-hydrogen) atoms. The summed E-state index contributed by atoms with van der Waals surface area (Å²) in [4.78, 5) is 21.5. The van der Waals surface area contributed by atoms with Gasteiger partial charge >= 0.3 is 5.97 Å². The average molecular weight is 254 g/mol. The van der Waals surface area contributed by atoms with E-state index in [-0.39, 0.29) is 10.7 Å². The normalized spacial score (nSPS) is 10.7. The first kappa shape index (κ1) is 13.4. The zero-order chi connectivity index (χ0) is 12.8. The van der Waals surface area contributed by atoms with Crippen LogP contribution in [0.4, 0.5) is 4.39 Å². The summed E-state index contributed by atoms with van der Waals surface area (Å²) in [7, 11) is 0. The van der Waals surface area contributed by atoms with E-state index in [4.69, 9.17) is 5.11 Å². The summed E-state index contributed by atoms with van der Waals surface area (Å²) in [5.74, 6) is -1.30. The van der Waals surface area contributed by atoms with Crippen LogP contribution in [0.2, 0.25) is 0 Å². The molecule has 0 aromatic heterocycles. The van der Waals surface area contributed by atoms with Crippen molar-refractivity contribution in [3.05, 3.63) is 41.2 Å². The average Bonchev–Trinajstić information content (AvgIpc) is 2.25. The molecule has 1 rings (SSSR count). The Hall–Kier alpha value is -1.62. The van der Waals surface area contributed by atoms with E-state index in [0.717, 1.165) is 17.8 Å². The molecule has 0 unspecified atom stereocenters. The highest BCUT2D eigenvalue weighted by Crippen LogP contribution is 2.14. The van der Waals surface area contributed by atoms with Crippen LogP contribution in [0.1, 0.15) is 22.8 Å². The van der Waals surface area contributed by atoms with Crippen LogP contribution in [-0.4, -0.2) is 21.9 Å². The van der Waals surface area contributed by atoms with Crippen molar-refractivity contribution < 1.29 is 19.1 Å². The number of carbonyl (C=O) groups is 2. The fourth-order valence-electron chi connectivity index (χ4n) is 1.20. The molecular weight excluding hydrogens is 243 g/mol. The Morgan fingerprint density at radius 2 is 2.18 bits per heavy atom. The summed E-state index contributed by atoms with van der Waals surface area (Å²) in [5.41, 5.74) is 0.331. The van der Waals surface area contributed by atoms with Crippen molar-refractivity contribution in [2.75, 3.05) is 5.75 Å². The predicted octanol–water partition coefficient (Wildman–Crippen LogP) is 2.82. The fourth-order valence-corrected chi connectivity index (χ4v) is 1.63. The van der Waals surface area contributed by atoms with Gasteiger partial charge in [-0.05, 0) is 17.7 Å². The molecule has 5 heteroatoms. The van der Waals surface area contributed by atoms with Gasteiger partial charge < -0.3 is 5.11 Å². The molecule has 0 fully saturated rings. The molecule has 0 bridgehead atoms. The number of aromatic carboxylic acids is 1. The lowest BCUT2D eigenvalue weighted by Gasteiger charge is -2.00. The first-order valence-corrected chi connectivity index (χ1v) is 5.82. The van der Waals surface area contributed by atoms with Gasteiger partial charge in [0, 0.05) is 12.7 Å². The van der Waals surface area contributed by atoms with Gasteiger partial charge in [-0.25, -0.2) is 9.18 Å². The molecule has 3 nitrogen and oxygen atoms in total. The quantitative estimate of drug-likeness (QED) is 0.897. The van der Waals surface area contributed by atoms with E-state index >= 15 is 0 Å². The standard InChI is InChI=1S/C12H11FO3S/c1-8(14)17-6-2-3-9-4-5-10(13)7-11(9)12(15)16/h2-5,7H,6H2,1H3,(H,15,16). The molecule has 90 valence electrons. The molecule has 0 atom stereocenters. The Labute approximate surface area is 102 Å². The number of carboxylic acids is 1. The van der Waals surface area contributed by atoms with Crippen molar-refractivity contribution in [1.29, 1.82) is 0 Å². The fraction of sp³-hybridized carbons (Fsp3) is 0.167. The van der Waals surface area contributed by atoms with Crippen LogP contribution in [0, 0.1) is 5.82 Å². The second kappa shape index (κ2) is 6.20. The first-order valence-electron chi connectivity index (χ1n) is 4.83. The minimum absolute atomic E-state index is 0.00721. The SMILES string of the molecule is CC(=O)SCC=Cc1ccc(F)cc1C(=O)O. The van der Waals surface area contributed by atoms with Gasteiger partial charge in [0.2, 0.25) is 0 Å². The van der Waals surface area contributed by atoms with Crippen molar-refractivity contribution in [3.8, 4) is 0 Å². The molecule has 1 aromatic carbocycles. The maximum absolute atomic E-state index is 12.9. The summed E-state index contributed by atoms with van der Waals surface area (Å²) in [5, 5.41) is 8.87. The summed E-state index contributed by atoms with van der Waals surface area (Å²) >= 11 is 1.12. The maximum Gasteiger partial charge on any atom is 0.336 e. The second-order valence-electron chi connectivity index (χ2n) is 3.24. The van der Waals surface area contributed by atoms with Crippen LogP contribution in [0.3, 0.4) is 0 Å². The van der Waals surface area contributed by atoms with Gasteiger partial charge in [0.15, 0.2) is 5.12 Å². The lowest BCUT2D eigenvalue weighted by atomic mass is 10.1. The molecule has 0 saturated carbocycles. The van der Waals surface area contributed by atoms with Gasteiger partial charge in [0.05, 0.1) is 5.56 Å². The number of benzene rings is 1. The van der Waals surface area contributed by atoms with Gasteiger partial charge in [-0.15, -0.1) is 0 Å². The van der Waals surface area contributed by atoms with E-state index in [1.165, 1.54) is 19.1 Å². The Balaban J connectivity index is 2.83. The highest BCUT2D eigenvalue weighted by atomic mass is 32.2. The molecule has 0 saturated heterocycles. The molecule has 1 N–H and O–H groups in total. The van der Waals surface area contributed by atoms with Gasteiger partial charge in [-0.1, -0.05) is 30.0 Å². The highest BCUT2D eigenvalue weighted by Gasteiger charge is 2.08. The van der Waals surface area contributed by atoms with Crippen molar-refractivity contribution in [1.82, 2.24) is 0 Å². The van der Waals surface area contributed by atoms with Crippen LogP contribution in [0.5, 0.6) is 0 Å². The monoisotopic (exact) mass is 254 g/mol. The minimum Gasteiger partial charge on any atom is -0.478 e. The predicted molar refractivity (Wildman–Crippen MR) is 65.5 cm³/mol. The summed E-state index contributed by atoms with van der Waals surface area (Å²) in [6.07, 6.45) is 3.24. The van der Waals surface area contributed by atoms with Crippen molar-refractivity contribution >= 4 is 28.9 Å². The Morgan fingerprint density at radius 3 is 2.76 bits per heavy atom. The molecule has 0 aliphatic rings. The summed E-state index contributed by atoms with van der Waals surface area (Å²) in [6, 6.07) is 3.57. The van der Waals surface area contributed by atoms with Crippen molar-refractivity contribution in [2.24, 2.45) is 0 Å². The zero-order valence-corrected chi connectivity index (χ0v) is 9.96. The second-order valence-corrected chi connectivity index (χ2v) is 4.44. The topological polar surface area (TPSA) is 54.4 Å². The molecule has 0 radical (unpaired) electrons. The Morgan fingerprint density at radius 1 is 1.47 bits per heavy atom. The number of rotatable bonds is 4. The lowest BCUT2D eigenvalue weighted by molar-refractivity contribution is -0.109. The van der Waals surface area contributed by atoms with E-state index in [1.54, 1.807) is 12.2 Å². The zero-order valence-electron chi connectivity index (χ0n) is 9.14. The molecular formula is C12H11FO3S. The molecule has 0 aliphatic heterocycles. The van der Waals surface area contributed by atoms with E-state index in [0.29, 0.717) is 11.3 Å². The van der Waals surface area contributed by atoms with Crippen LogP contribution in [-0.2, 0) is 4.79 Å². The molecule has 0 heterocycles. The van der Waals surface area contributed by atoms with Crippen LogP contribution in [0.15, 0.2) is 24.3 Å². The largest absolute Gasteiger partial charge is 0.478 e. The van der Waals surface area contributed by atoms with E-state index in [1.807, 2.05) is 0 Å². The summed E-state index contributed by atoms with van der Waals surface area (Å²) < 4.78 is 12.9. The highest BCUT2D eigenvalue weighted by molar-refractivity contribution is 8.13. The van der Waals surface area contributed by atoms with Gasteiger partial charge in [-0.3, -0.25) is 4.79 Å². The Bertz CT molecular complexity index is 469. The number of carbonyl (C=O) groups excluding carboxylic acids is 1. The summed E-state index contributed by atoms with van der Waals surface area (Å²) in [6.45, 7) is 1.46. The third-order valence-corrected chi connectivity index (χ3v) is 2.69. The first-order chi connectivity index (χ1) is 8.00. The van der Waals surface area contributed by atoms with E-state index in [2.05, 4.69) is 0 Å². The third kappa shape index (κ3) is 4.40. The maximum atomic E-state index is 12.9. The third-order valence-electron chi connectivity index (χ3n) is 1.93. The van der Waals surface area contributed by atoms with Gasteiger partial charge in [-0.2, -0.15) is 0 Å². The van der Waals surface area contributed by atoms with E-state index < -0.39 is 11.8 Å². The molecule has 1 aromatic rings. The number of hydrogen-bond acceptors (Lipinski definition) is 3. The smallest absolute Gasteiger partial charge is 0.336 e. The number of hydrogen-bond donors (Lipinski definition) is 1. The van der Waals surface area contributed by atoms with Crippen LogP contribution in [0.25, 0.3) is 6.08 Å². The molecule has 0 spiro atoms. The van der Waals surface area contributed by atoms with E-state index in [9.17, 15) is 14.0 Å². The minimum atomic E-state index is -1.18. The molecule has 0 amide bonds. The molecule has 0 aliphatic carbocycles. The number of halogens is 1. The van der Waals surface area contributed by atoms with Gasteiger partial charge in [0.25, 0.3) is 0 Å². The lowest BCUT2D eigenvalue weighted by Crippen LogP contribution is -2.00. The Kier molecular flexibility index (Phi) is 4.90. The van der Waals surface area contributed by atoms with Crippen LogP contribution >= 0.6 is 11.8 Å². The number of thioether (sulfide) groups is 1. The van der Waals surface area contributed by atoms with Gasteiger partial charge in [0.1, 0.15) is 5.82 Å². The number of carboxylic acid groups (broad SMARTS) is 1. The van der Waals surface area contributed by atoms with Crippen molar-refractivity contribution in [2.45, 2.75) is 6.92 Å².